The first-order chi connectivity index (χ1) is 10.2. The van der Waals surface area contributed by atoms with Gasteiger partial charge in [-0.05, 0) is 24.3 Å². The Morgan fingerprint density at radius 1 is 1.33 bits per heavy atom. The summed E-state index contributed by atoms with van der Waals surface area (Å²) in [6, 6.07) is 2.79. The molecular weight excluding hydrogens is 288 g/mol. The number of hydroxylamine groups is 2. The van der Waals surface area contributed by atoms with Crippen molar-refractivity contribution in [1.82, 2.24) is 15.0 Å². The predicted molar refractivity (Wildman–Crippen MR) is 80.0 cm³/mol. The van der Waals surface area contributed by atoms with Crippen molar-refractivity contribution < 1.29 is 9.63 Å². The van der Waals surface area contributed by atoms with Gasteiger partial charge in [0.1, 0.15) is 17.0 Å². The zero-order valence-electron chi connectivity index (χ0n) is 11.7. The summed E-state index contributed by atoms with van der Waals surface area (Å²) in [6.07, 6.45) is 3.86. The molecule has 0 aliphatic carbocycles. The molecule has 2 fully saturated rings. The van der Waals surface area contributed by atoms with Crippen LogP contribution in [0.4, 0.5) is 5.82 Å². The summed E-state index contributed by atoms with van der Waals surface area (Å²) in [4.78, 5) is 28.7. The van der Waals surface area contributed by atoms with Crippen LogP contribution in [0.5, 0.6) is 0 Å². The highest BCUT2D eigenvalue weighted by Crippen LogP contribution is 2.37. The molecule has 2 saturated heterocycles. The van der Waals surface area contributed by atoms with E-state index in [9.17, 15) is 4.79 Å². The van der Waals surface area contributed by atoms with Crippen LogP contribution in [0, 0.1) is 0 Å². The van der Waals surface area contributed by atoms with Crippen molar-refractivity contribution in [1.29, 1.82) is 0 Å². The summed E-state index contributed by atoms with van der Waals surface area (Å²) in [7, 11) is 0. The molecule has 2 aliphatic rings. The monoisotopic (exact) mass is 304 g/mol. The van der Waals surface area contributed by atoms with E-state index in [1.54, 1.807) is 22.7 Å². The second-order valence-corrected chi connectivity index (χ2v) is 6.45. The molecule has 0 radical (unpaired) electrons. The summed E-state index contributed by atoms with van der Waals surface area (Å²) >= 11 is 1.64. The molecule has 2 aliphatic heterocycles. The Morgan fingerprint density at radius 2 is 2.10 bits per heavy atom. The van der Waals surface area contributed by atoms with Gasteiger partial charge in [0, 0.05) is 19.0 Å². The van der Waals surface area contributed by atoms with Gasteiger partial charge >= 0.3 is 5.97 Å². The molecule has 7 heteroatoms. The lowest BCUT2D eigenvalue weighted by Gasteiger charge is -2.40. The minimum Gasteiger partial charge on any atom is -0.368 e. The number of carbonyl (C=O) groups is 1. The zero-order chi connectivity index (χ0) is 14.4. The number of hydrogen-bond acceptors (Lipinski definition) is 7. The molecule has 2 aromatic heterocycles. The van der Waals surface area contributed by atoms with E-state index in [0.29, 0.717) is 12.1 Å². The molecule has 0 aromatic carbocycles. The molecule has 0 amide bonds. The SMILES string of the molecule is CC(=O)ON1CC2CCC(C1)N2c1ncnc2sccc12. The van der Waals surface area contributed by atoms with Crippen LogP contribution >= 0.6 is 11.3 Å². The molecular formula is C14H16N4O2S. The van der Waals surface area contributed by atoms with Crippen LogP contribution in [0.15, 0.2) is 17.8 Å². The number of nitrogens with zero attached hydrogens (tertiary/aromatic N) is 4. The second-order valence-electron chi connectivity index (χ2n) is 5.56. The summed E-state index contributed by atoms with van der Waals surface area (Å²) in [5.41, 5.74) is 0. The third-order valence-corrected chi connectivity index (χ3v) is 5.01. The van der Waals surface area contributed by atoms with Crippen molar-refractivity contribution in [3.63, 3.8) is 0 Å². The normalized spacial score (nSPS) is 25.5. The minimum absolute atomic E-state index is 0.245. The second kappa shape index (κ2) is 4.92. The number of anilines is 1. The Balaban J connectivity index is 1.65. The van der Waals surface area contributed by atoms with Crippen molar-refractivity contribution in [2.45, 2.75) is 31.8 Å². The first-order valence-corrected chi connectivity index (χ1v) is 8.00. The highest BCUT2D eigenvalue weighted by atomic mass is 32.1. The molecule has 2 bridgehead atoms. The van der Waals surface area contributed by atoms with Crippen LogP contribution in [0.1, 0.15) is 19.8 Å². The summed E-state index contributed by atoms with van der Waals surface area (Å²) in [6.45, 7) is 2.94. The van der Waals surface area contributed by atoms with E-state index in [1.807, 2.05) is 0 Å². The highest BCUT2D eigenvalue weighted by Gasteiger charge is 2.42. The molecule has 110 valence electrons. The Kier molecular flexibility index (Phi) is 3.04. The molecule has 2 atom stereocenters. The molecule has 4 heterocycles. The van der Waals surface area contributed by atoms with Crippen LogP contribution in [0.25, 0.3) is 10.2 Å². The van der Waals surface area contributed by atoms with Gasteiger partial charge < -0.3 is 9.74 Å². The quantitative estimate of drug-likeness (QED) is 0.843. The van der Waals surface area contributed by atoms with Gasteiger partial charge in [-0.2, -0.15) is 0 Å². The number of thiophene rings is 1. The van der Waals surface area contributed by atoms with E-state index in [4.69, 9.17) is 4.84 Å². The van der Waals surface area contributed by atoms with E-state index in [1.165, 1.54) is 6.92 Å². The fourth-order valence-corrected chi connectivity index (χ4v) is 4.18. The van der Waals surface area contributed by atoms with Crippen LogP contribution in [0.3, 0.4) is 0 Å². The Labute approximate surface area is 126 Å². The van der Waals surface area contributed by atoms with E-state index in [2.05, 4.69) is 26.3 Å². The number of carbonyl (C=O) groups excluding carboxylic acids is 1. The highest BCUT2D eigenvalue weighted by molar-refractivity contribution is 7.16. The van der Waals surface area contributed by atoms with E-state index < -0.39 is 0 Å². The fraction of sp³-hybridized carbons (Fsp3) is 0.500. The lowest BCUT2D eigenvalue weighted by molar-refractivity contribution is -0.191. The maximum atomic E-state index is 11.1. The van der Waals surface area contributed by atoms with Crippen LogP contribution < -0.4 is 4.90 Å². The summed E-state index contributed by atoms with van der Waals surface area (Å²) in [5, 5.41) is 4.98. The molecule has 0 N–H and O–H groups in total. The van der Waals surface area contributed by atoms with E-state index in [-0.39, 0.29) is 5.97 Å². The number of hydrogen-bond donors (Lipinski definition) is 0. The van der Waals surface area contributed by atoms with Crippen molar-refractivity contribution in [2.75, 3.05) is 18.0 Å². The van der Waals surface area contributed by atoms with Gasteiger partial charge in [-0.1, -0.05) is 0 Å². The van der Waals surface area contributed by atoms with Crippen molar-refractivity contribution in [2.24, 2.45) is 0 Å². The molecule has 6 nitrogen and oxygen atoms in total. The number of rotatable bonds is 2. The van der Waals surface area contributed by atoms with Gasteiger partial charge in [0.25, 0.3) is 0 Å². The summed E-state index contributed by atoms with van der Waals surface area (Å²) < 4.78 is 0. The minimum atomic E-state index is -0.245. The van der Waals surface area contributed by atoms with Gasteiger partial charge in [0.05, 0.1) is 18.5 Å². The van der Waals surface area contributed by atoms with Gasteiger partial charge in [0.15, 0.2) is 0 Å². The largest absolute Gasteiger partial charge is 0.368 e. The van der Waals surface area contributed by atoms with Crippen molar-refractivity contribution >= 4 is 33.3 Å². The van der Waals surface area contributed by atoms with E-state index >= 15 is 0 Å². The van der Waals surface area contributed by atoms with Gasteiger partial charge in [-0.3, -0.25) is 4.79 Å². The maximum Gasteiger partial charge on any atom is 0.322 e. The standard InChI is InChI=1S/C14H16N4O2S/c1-9(19)20-17-6-10-2-3-11(7-17)18(10)13-12-4-5-21-14(12)16-8-15-13/h4-5,8,10-11H,2-3,6-7H2,1H3. The molecule has 21 heavy (non-hydrogen) atoms. The third-order valence-electron chi connectivity index (χ3n) is 4.19. The van der Waals surface area contributed by atoms with Crippen molar-refractivity contribution in [3.05, 3.63) is 17.8 Å². The van der Waals surface area contributed by atoms with E-state index in [0.717, 1.165) is 42.0 Å². The van der Waals surface area contributed by atoms with Gasteiger partial charge in [-0.15, -0.1) is 16.4 Å². The topological polar surface area (TPSA) is 58.6 Å². The number of piperazine rings is 1. The predicted octanol–water partition coefficient (Wildman–Crippen LogP) is 1.82. The third kappa shape index (κ3) is 2.16. The Hall–Kier alpha value is -1.73. The average Bonchev–Trinajstić information content (AvgIpc) is 3.01. The lowest BCUT2D eigenvalue weighted by atomic mass is 10.2. The molecule has 0 spiro atoms. The molecule has 2 aromatic rings. The maximum absolute atomic E-state index is 11.1. The van der Waals surface area contributed by atoms with Crippen LogP contribution in [-0.2, 0) is 9.63 Å². The smallest absolute Gasteiger partial charge is 0.322 e. The Bertz CT molecular complexity index is 674. The van der Waals surface area contributed by atoms with Crippen LogP contribution in [0.2, 0.25) is 0 Å². The fourth-order valence-electron chi connectivity index (χ4n) is 3.45. The number of fused-ring (bicyclic) bond motifs is 3. The Morgan fingerprint density at radius 3 is 2.81 bits per heavy atom. The molecule has 2 unspecified atom stereocenters. The van der Waals surface area contributed by atoms with Crippen molar-refractivity contribution in [3.8, 4) is 0 Å². The van der Waals surface area contributed by atoms with Gasteiger partial charge in [0.2, 0.25) is 0 Å². The van der Waals surface area contributed by atoms with Gasteiger partial charge in [-0.25, -0.2) is 9.97 Å². The molecule has 0 saturated carbocycles. The number of aromatic nitrogens is 2. The molecule has 4 rings (SSSR count). The lowest BCUT2D eigenvalue weighted by Crippen LogP contribution is -2.54. The van der Waals surface area contributed by atoms with Crippen LogP contribution in [-0.4, -0.2) is 46.2 Å². The average molecular weight is 304 g/mol. The first-order valence-electron chi connectivity index (χ1n) is 7.12. The first kappa shape index (κ1) is 13.0. The zero-order valence-corrected chi connectivity index (χ0v) is 12.5. The summed E-state index contributed by atoms with van der Waals surface area (Å²) in [5.74, 6) is 0.779.